The summed E-state index contributed by atoms with van der Waals surface area (Å²) >= 11 is 1.76. The molecule has 3 aromatic rings. The summed E-state index contributed by atoms with van der Waals surface area (Å²) in [5.74, 6) is -0.287. The van der Waals surface area contributed by atoms with Gasteiger partial charge in [0.05, 0.1) is 18.2 Å². The monoisotopic (exact) mass is 422 g/mol. The van der Waals surface area contributed by atoms with Crippen LogP contribution in [-0.2, 0) is 22.5 Å². The van der Waals surface area contributed by atoms with Gasteiger partial charge < -0.3 is 14.2 Å². The lowest BCUT2D eigenvalue weighted by Gasteiger charge is -2.36. The van der Waals surface area contributed by atoms with E-state index in [1.54, 1.807) is 18.3 Å². The molecule has 1 atom stereocenters. The standard InChI is InChI=1S/C24H26N2O3S/c1-4-29-24(28)20-14-16(2)26(17(20)3)15-22(27)25-12-10-21-19(11-13-30-21)23(25)18-8-6-5-7-9-18/h5-9,11,13-14,23H,4,10,12,15H2,1-3H3. The van der Waals surface area contributed by atoms with Crippen LogP contribution in [0.2, 0.25) is 0 Å². The highest BCUT2D eigenvalue weighted by Gasteiger charge is 2.33. The van der Waals surface area contributed by atoms with Crippen LogP contribution in [0.3, 0.4) is 0 Å². The first-order valence-corrected chi connectivity index (χ1v) is 11.1. The van der Waals surface area contributed by atoms with Crippen molar-refractivity contribution in [1.29, 1.82) is 0 Å². The Labute approximate surface area is 180 Å². The van der Waals surface area contributed by atoms with Gasteiger partial charge in [0, 0.05) is 22.8 Å². The summed E-state index contributed by atoms with van der Waals surface area (Å²) in [6.07, 6.45) is 0.875. The lowest BCUT2D eigenvalue weighted by atomic mass is 9.93. The maximum atomic E-state index is 13.5. The van der Waals surface area contributed by atoms with Crippen LogP contribution < -0.4 is 0 Å². The fourth-order valence-corrected chi connectivity index (χ4v) is 5.17. The highest BCUT2D eigenvalue weighted by Crippen LogP contribution is 2.38. The molecule has 1 unspecified atom stereocenters. The van der Waals surface area contributed by atoms with Gasteiger partial charge in [-0.25, -0.2) is 4.79 Å². The van der Waals surface area contributed by atoms with Gasteiger partial charge in [-0.05, 0) is 55.8 Å². The number of fused-ring (bicyclic) bond motifs is 1. The van der Waals surface area contributed by atoms with E-state index in [2.05, 4.69) is 23.6 Å². The van der Waals surface area contributed by atoms with E-state index in [1.807, 2.05) is 47.6 Å². The molecule has 5 nitrogen and oxygen atoms in total. The molecule has 0 N–H and O–H groups in total. The van der Waals surface area contributed by atoms with E-state index >= 15 is 0 Å². The number of ether oxygens (including phenoxy) is 1. The number of benzene rings is 1. The Morgan fingerprint density at radius 3 is 2.67 bits per heavy atom. The van der Waals surface area contributed by atoms with Gasteiger partial charge in [-0.1, -0.05) is 30.3 Å². The van der Waals surface area contributed by atoms with Gasteiger partial charge in [0.1, 0.15) is 6.54 Å². The van der Waals surface area contributed by atoms with Crippen LogP contribution in [0.1, 0.15) is 50.7 Å². The molecule has 0 saturated carbocycles. The minimum absolute atomic E-state index is 0.0536. The molecule has 6 heteroatoms. The predicted octanol–water partition coefficient (Wildman–Crippen LogP) is 4.52. The molecule has 2 aromatic heterocycles. The summed E-state index contributed by atoms with van der Waals surface area (Å²) in [6, 6.07) is 14.1. The fraction of sp³-hybridized carbons (Fsp3) is 0.333. The average Bonchev–Trinajstić information content (AvgIpc) is 3.33. The smallest absolute Gasteiger partial charge is 0.339 e. The Balaban J connectivity index is 1.64. The molecule has 30 heavy (non-hydrogen) atoms. The lowest BCUT2D eigenvalue weighted by molar-refractivity contribution is -0.134. The third-order valence-electron chi connectivity index (χ3n) is 5.76. The van der Waals surface area contributed by atoms with Crippen molar-refractivity contribution in [3.63, 3.8) is 0 Å². The number of esters is 1. The fourth-order valence-electron chi connectivity index (χ4n) is 4.27. The molecule has 1 aliphatic rings. The molecule has 156 valence electrons. The molecule has 0 saturated heterocycles. The number of carbonyl (C=O) groups excluding carboxylic acids is 2. The Morgan fingerprint density at radius 2 is 1.93 bits per heavy atom. The van der Waals surface area contributed by atoms with Crippen molar-refractivity contribution in [2.24, 2.45) is 0 Å². The minimum atomic E-state index is -0.340. The first-order chi connectivity index (χ1) is 14.5. The van der Waals surface area contributed by atoms with Crippen molar-refractivity contribution in [2.45, 2.75) is 39.8 Å². The van der Waals surface area contributed by atoms with Crippen LogP contribution in [-0.4, -0.2) is 34.5 Å². The summed E-state index contributed by atoms with van der Waals surface area (Å²) in [5.41, 5.74) is 4.52. The predicted molar refractivity (Wildman–Crippen MR) is 118 cm³/mol. The van der Waals surface area contributed by atoms with E-state index in [-0.39, 0.29) is 24.5 Å². The number of thiophene rings is 1. The SMILES string of the molecule is CCOC(=O)c1cc(C)n(CC(=O)N2CCc3sccc3C2c2ccccc2)c1C. The molecule has 0 fully saturated rings. The van der Waals surface area contributed by atoms with Crippen LogP contribution in [0.5, 0.6) is 0 Å². The van der Waals surface area contributed by atoms with E-state index in [0.717, 1.165) is 23.4 Å². The van der Waals surface area contributed by atoms with Gasteiger partial charge in [0.25, 0.3) is 0 Å². The van der Waals surface area contributed by atoms with Crippen LogP contribution >= 0.6 is 11.3 Å². The van der Waals surface area contributed by atoms with E-state index in [4.69, 9.17) is 4.74 Å². The number of amides is 1. The zero-order valence-electron chi connectivity index (χ0n) is 17.6. The summed E-state index contributed by atoms with van der Waals surface area (Å²) in [6.45, 7) is 6.81. The quantitative estimate of drug-likeness (QED) is 0.568. The van der Waals surface area contributed by atoms with Gasteiger partial charge in [-0.3, -0.25) is 4.79 Å². The lowest BCUT2D eigenvalue weighted by Crippen LogP contribution is -2.42. The summed E-state index contributed by atoms with van der Waals surface area (Å²) in [5, 5.41) is 2.11. The largest absolute Gasteiger partial charge is 0.462 e. The Bertz CT molecular complexity index is 1070. The van der Waals surface area contributed by atoms with Crippen LogP contribution in [0.25, 0.3) is 0 Å². The van der Waals surface area contributed by atoms with Crippen LogP contribution in [0.15, 0.2) is 47.8 Å². The molecule has 3 heterocycles. The van der Waals surface area contributed by atoms with Crippen molar-refractivity contribution < 1.29 is 14.3 Å². The molecule has 0 radical (unpaired) electrons. The van der Waals surface area contributed by atoms with Crippen molar-refractivity contribution >= 4 is 23.2 Å². The van der Waals surface area contributed by atoms with Crippen molar-refractivity contribution in [2.75, 3.05) is 13.2 Å². The number of hydrogen-bond donors (Lipinski definition) is 0. The molecule has 1 aliphatic heterocycles. The third-order valence-corrected chi connectivity index (χ3v) is 6.76. The van der Waals surface area contributed by atoms with E-state index < -0.39 is 0 Å². The number of nitrogens with zero attached hydrogens (tertiary/aromatic N) is 2. The molecule has 0 aliphatic carbocycles. The molecular formula is C24H26N2O3S. The van der Waals surface area contributed by atoms with Crippen LogP contribution in [0, 0.1) is 13.8 Å². The van der Waals surface area contributed by atoms with Gasteiger partial charge in [-0.2, -0.15) is 0 Å². The molecule has 0 bridgehead atoms. The number of aromatic nitrogens is 1. The second kappa shape index (κ2) is 8.48. The molecule has 0 spiro atoms. The topological polar surface area (TPSA) is 51.5 Å². The van der Waals surface area contributed by atoms with E-state index in [0.29, 0.717) is 18.7 Å². The summed E-state index contributed by atoms with van der Waals surface area (Å²) in [7, 11) is 0. The van der Waals surface area contributed by atoms with Crippen molar-refractivity contribution in [1.82, 2.24) is 9.47 Å². The van der Waals surface area contributed by atoms with Crippen molar-refractivity contribution in [3.05, 3.63) is 80.8 Å². The number of aryl methyl sites for hydroxylation is 1. The van der Waals surface area contributed by atoms with Gasteiger partial charge in [0.15, 0.2) is 0 Å². The zero-order valence-corrected chi connectivity index (χ0v) is 18.4. The van der Waals surface area contributed by atoms with Crippen molar-refractivity contribution in [3.8, 4) is 0 Å². The summed E-state index contributed by atoms with van der Waals surface area (Å²) in [4.78, 5) is 29.1. The highest BCUT2D eigenvalue weighted by atomic mass is 32.1. The van der Waals surface area contributed by atoms with Gasteiger partial charge in [-0.15, -0.1) is 11.3 Å². The maximum Gasteiger partial charge on any atom is 0.339 e. The first kappa shape index (κ1) is 20.4. The first-order valence-electron chi connectivity index (χ1n) is 10.3. The number of rotatable bonds is 5. The molecule has 4 rings (SSSR count). The second-order valence-corrected chi connectivity index (χ2v) is 8.54. The highest BCUT2D eigenvalue weighted by molar-refractivity contribution is 7.10. The minimum Gasteiger partial charge on any atom is -0.462 e. The number of carbonyl (C=O) groups is 2. The molecule has 1 aromatic carbocycles. The maximum absolute atomic E-state index is 13.5. The zero-order chi connectivity index (χ0) is 21.3. The average molecular weight is 423 g/mol. The van der Waals surface area contributed by atoms with Gasteiger partial charge >= 0.3 is 5.97 Å². The Hall–Kier alpha value is -2.86. The Kier molecular flexibility index (Phi) is 5.77. The van der Waals surface area contributed by atoms with Crippen LogP contribution in [0.4, 0.5) is 0 Å². The van der Waals surface area contributed by atoms with E-state index in [1.165, 1.54) is 10.4 Å². The van der Waals surface area contributed by atoms with E-state index in [9.17, 15) is 9.59 Å². The normalized spacial score (nSPS) is 15.7. The molecule has 1 amide bonds. The van der Waals surface area contributed by atoms with Gasteiger partial charge in [0.2, 0.25) is 5.91 Å². The Morgan fingerprint density at radius 1 is 1.17 bits per heavy atom. The third kappa shape index (κ3) is 3.67. The summed E-state index contributed by atoms with van der Waals surface area (Å²) < 4.78 is 7.07. The second-order valence-electron chi connectivity index (χ2n) is 7.54. The molecular weight excluding hydrogens is 396 g/mol. The number of hydrogen-bond acceptors (Lipinski definition) is 4.